The molecule has 9 heteroatoms. The Balaban J connectivity index is 1.44. The van der Waals surface area contributed by atoms with Gasteiger partial charge in [-0.2, -0.15) is 0 Å². The van der Waals surface area contributed by atoms with Gasteiger partial charge in [0, 0.05) is 17.1 Å². The van der Waals surface area contributed by atoms with E-state index in [2.05, 4.69) is 41.4 Å². The second-order valence-electron chi connectivity index (χ2n) is 10.4. The summed E-state index contributed by atoms with van der Waals surface area (Å²) in [4.78, 5) is 27.7. The number of ether oxygens (including phenoxy) is 1. The molecule has 2 aromatic rings. The van der Waals surface area contributed by atoms with E-state index in [1.807, 2.05) is 4.90 Å². The molecule has 1 saturated heterocycles. The van der Waals surface area contributed by atoms with Gasteiger partial charge in [0.05, 0.1) is 16.1 Å². The van der Waals surface area contributed by atoms with Crippen LogP contribution in [0.5, 0.6) is 0 Å². The van der Waals surface area contributed by atoms with Gasteiger partial charge in [0.15, 0.2) is 6.61 Å². The van der Waals surface area contributed by atoms with E-state index in [-0.39, 0.29) is 45.5 Å². The highest BCUT2D eigenvalue weighted by Gasteiger charge is 2.50. The maximum Gasteiger partial charge on any atom is 0.340 e. The van der Waals surface area contributed by atoms with E-state index in [1.54, 1.807) is 24.3 Å². The number of benzene rings is 2. The van der Waals surface area contributed by atoms with E-state index >= 15 is 0 Å². The maximum atomic E-state index is 12.9. The average molecular weight is 549 g/mol. The number of fused-ring (bicyclic) bond motifs is 2. The minimum atomic E-state index is -3.91. The molecule has 2 unspecified atom stereocenters. The van der Waals surface area contributed by atoms with Crippen LogP contribution in [0.15, 0.2) is 57.9 Å². The molecular weight excluding hydrogens is 520 g/mol. The summed E-state index contributed by atoms with van der Waals surface area (Å²) in [5.74, 6) is -0.969. The fraction of sp³-hybridized carbons (Fsp3) is 0.440. The van der Waals surface area contributed by atoms with E-state index < -0.39 is 16.0 Å². The molecule has 2 atom stereocenters. The number of carbonyl (C=O) groups excluding carboxylic acids is 2. The second kappa shape index (κ2) is 9.00. The number of nitrogens with zero attached hydrogens (tertiary/aromatic N) is 1. The zero-order valence-corrected chi connectivity index (χ0v) is 21.9. The SMILES string of the molecule is CC1(C)CC2CC(C)(CN2C(=O)COC(=O)c2ccccc2NS(=O)(=O)c2ccc(Br)cc2)C1. The molecule has 7 nitrogen and oxygen atoms in total. The number of likely N-dealkylation sites (tertiary alicyclic amines) is 1. The quantitative estimate of drug-likeness (QED) is 0.521. The summed E-state index contributed by atoms with van der Waals surface area (Å²) >= 11 is 3.28. The van der Waals surface area contributed by atoms with Gasteiger partial charge in [-0.15, -0.1) is 0 Å². The Kier molecular flexibility index (Phi) is 6.54. The number of carbonyl (C=O) groups is 2. The Hall–Kier alpha value is -2.39. The fourth-order valence-corrected chi connectivity index (χ4v) is 6.95. The molecule has 2 fully saturated rings. The van der Waals surface area contributed by atoms with Crippen molar-refractivity contribution in [3.05, 3.63) is 58.6 Å². The molecule has 0 spiro atoms. The third-order valence-electron chi connectivity index (χ3n) is 6.58. The predicted molar refractivity (Wildman–Crippen MR) is 133 cm³/mol. The van der Waals surface area contributed by atoms with Crippen molar-refractivity contribution in [2.45, 2.75) is 51.0 Å². The molecule has 1 saturated carbocycles. The van der Waals surface area contributed by atoms with Crippen LogP contribution in [-0.4, -0.2) is 44.4 Å². The van der Waals surface area contributed by atoms with E-state index in [1.165, 1.54) is 24.3 Å². The number of anilines is 1. The van der Waals surface area contributed by atoms with Gasteiger partial charge < -0.3 is 9.64 Å². The van der Waals surface area contributed by atoms with E-state index in [0.717, 1.165) is 23.7 Å². The molecule has 1 N–H and O–H groups in total. The lowest BCUT2D eigenvalue weighted by Crippen LogP contribution is -2.39. The van der Waals surface area contributed by atoms with Crippen molar-refractivity contribution in [2.24, 2.45) is 10.8 Å². The normalized spacial score (nSPS) is 23.4. The van der Waals surface area contributed by atoms with Crippen molar-refractivity contribution in [1.82, 2.24) is 4.90 Å². The van der Waals surface area contributed by atoms with Crippen LogP contribution in [0.1, 0.15) is 50.4 Å². The number of sulfonamides is 1. The first-order chi connectivity index (χ1) is 15.9. The molecule has 4 rings (SSSR count). The monoisotopic (exact) mass is 548 g/mol. The van der Waals surface area contributed by atoms with Crippen LogP contribution in [-0.2, 0) is 19.6 Å². The van der Waals surface area contributed by atoms with Gasteiger partial charge >= 0.3 is 5.97 Å². The molecule has 0 aromatic heterocycles. The Morgan fingerprint density at radius 1 is 1.09 bits per heavy atom. The number of rotatable bonds is 6. The summed E-state index contributed by atoms with van der Waals surface area (Å²) in [6.45, 7) is 6.98. The number of halogens is 1. The summed E-state index contributed by atoms with van der Waals surface area (Å²) in [6.07, 6.45) is 2.96. The predicted octanol–water partition coefficient (Wildman–Crippen LogP) is 4.83. The van der Waals surface area contributed by atoms with Crippen molar-refractivity contribution < 1.29 is 22.7 Å². The maximum absolute atomic E-state index is 12.9. The van der Waals surface area contributed by atoms with E-state index in [4.69, 9.17) is 4.74 Å². The molecule has 1 aliphatic heterocycles. The smallest absolute Gasteiger partial charge is 0.340 e. The van der Waals surface area contributed by atoms with Crippen LogP contribution in [0.3, 0.4) is 0 Å². The third-order valence-corrected chi connectivity index (χ3v) is 8.49. The molecule has 2 aliphatic rings. The molecule has 0 radical (unpaired) electrons. The van der Waals surface area contributed by atoms with Gasteiger partial charge in [0.25, 0.3) is 15.9 Å². The van der Waals surface area contributed by atoms with Crippen molar-refractivity contribution in [3.63, 3.8) is 0 Å². The number of para-hydroxylation sites is 1. The van der Waals surface area contributed by atoms with Crippen molar-refractivity contribution >= 4 is 43.5 Å². The van der Waals surface area contributed by atoms with Crippen molar-refractivity contribution in [2.75, 3.05) is 17.9 Å². The van der Waals surface area contributed by atoms with Crippen LogP contribution in [0, 0.1) is 10.8 Å². The Morgan fingerprint density at radius 3 is 2.47 bits per heavy atom. The number of nitrogens with one attached hydrogen (secondary N) is 1. The minimum Gasteiger partial charge on any atom is -0.452 e. The fourth-order valence-electron chi connectivity index (χ4n) is 5.61. The first kappa shape index (κ1) is 24.7. The lowest BCUT2D eigenvalue weighted by atomic mass is 9.65. The van der Waals surface area contributed by atoms with Crippen LogP contribution >= 0.6 is 15.9 Å². The summed E-state index contributed by atoms with van der Waals surface area (Å²) in [5.41, 5.74) is 0.400. The zero-order chi connectivity index (χ0) is 24.7. The molecule has 34 heavy (non-hydrogen) atoms. The molecule has 1 heterocycles. The largest absolute Gasteiger partial charge is 0.452 e. The molecule has 182 valence electrons. The van der Waals surface area contributed by atoms with Gasteiger partial charge in [-0.05, 0) is 66.5 Å². The number of hydrogen-bond acceptors (Lipinski definition) is 5. The van der Waals surface area contributed by atoms with Crippen LogP contribution in [0.25, 0.3) is 0 Å². The molecule has 1 amide bonds. The lowest BCUT2D eigenvalue weighted by molar-refractivity contribution is -0.135. The summed E-state index contributed by atoms with van der Waals surface area (Å²) in [5, 5.41) is 0. The topological polar surface area (TPSA) is 92.8 Å². The van der Waals surface area contributed by atoms with Gasteiger partial charge in [0.2, 0.25) is 0 Å². The highest BCUT2D eigenvalue weighted by Crippen LogP contribution is 2.52. The lowest BCUT2D eigenvalue weighted by Gasteiger charge is -2.39. The van der Waals surface area contributed by atoms with Crippen molar-refractivity contribution in [3.8, 4) is 0 Å². The minimum absolute atomic E-state index is 0.0456. The number of amides is 1. The Bertz CT molecular complexity index is 1210. The zero-order valence-electron chi connectivity index (χ0n) is 19.5. The highest BCUT2D eigenvalue weighted by molar-refractivity contribution is 9.10. The van der Waals surface area contributed by atoms with Gasteiger partial charge in [0.1, 0.15) is 0 Å². The van der Waals surface area contributed by atoms with Gasteiger partial charge in [-0.25, -0.2) is 13.2 Å². The highest BCUT2D eigenvalue weighted by atomic mass is 79.9. The van der Waals surface area contributed by atoms with Crippen LogP contribution in [0.4, 0.5) is 5.69 Å². The van der Waals surface area contributed by atoms with Crippen LogP contribution < -0.4 is 4.72 Å². The Morgan fingerprint density at radius 2 is 1.76 bits per heavy atom. The summed E-state index contributed by atoms with van der Waals surface area (Å²) in [6, 6.07) is 12.5. The number of esters is 1. The van der Waals surface area contributed by atoms with Gasteiger partial charge in [-0.1, -0.05) is 48.8 Å². The molecule has 1 aliphatic carbocycles. The Labute approximate surface area is 209 Å². The van der Waals surface area contributed by atoms with Crippen molar-refractivity contribution in [1.29, 1.82) is 0 Å². The second-order valence-corrected chi connectivity index (χ2v) is 13.0. The summed E-state index contributed by atoms with van der Waals surface area (Å²) < 4.78 is 34.1. The molecular formula is C25H29BrN2O5S. The first-order valence-electron chi connectivity index (χ1n) is 11.2. The molecule has 2 aromatic carbocycles. The number of hydrogen-bond donors (Lipinski definition) is 1. The standard InChI is InChI=1S/C25H29BrN2O5S/c1-24(2)12-18-13-25(3,15-24)16-28(18)22(29)14-33-23(30)20-6-4-5-7-21(20)27-34(31,32)19-10-8-17(26)9-11-19/h4-11,18,27H,12-16H2,1-3H3. The van der Waals surface area contributed by atoms with E-state index in [9.17, 15) is 18.0 Å². The third kappa shape index (κ3) is 5.30. The summed E-state index contributed by atoms with van der Waals surface area (Å²) in [7, 11) is -3.91. The van der Waals surface area contributed by atoms with Crippen LogP contribution in [0.2, 0.25) is 0 Å². The average Bonchev–Trinajstić information content (AvgIpc) is 3.01. The van der Waals surface area contributed by atoms with Gasteiger partial charge in [-0.3, -0.25) is 9.52 Å². The molecule has 2 bridgehead atoms. The van der Waals surface area contributed by atoms with E-state index in [0.29, 0.717) is 6.54 Å². The first-order valence-corrected chi connectivity index (χ1v) is 13.5.